The molecule has 0 spiro atoms. The number of anilines is 1. The minimum Gasteiger partial charge on any atom is -0.409 e. The van der Waals surface area contributed by atoms with Crippen LogP contribution in [-0.2, 0) is 0 Å². The molecule has 0 aromatic heterocycles. The summed E-state index contributed by atoms with van der Waals surface area (Å²) in [6.07, 6.45) is 0.465. The number of nitrogens with zero attached hydrogens (tertiary/aromatic N) is 1. The molecule has 4 nitrogen and oxygen atoms in total. The number of nitrogens with one attached hydrogen (secondary N) is 1. The first-order valence-electron chi connectivity index (χ1n) is 4.88. The van der Waals surface area contributed by atoms with Gasteiger partial charge in [-0.25, -0.2) is 8.78 Å². The minimum absolute atomic E-state index is 0.0378. The standard InChI is InChI=1S/C10H12BrF2N3O/c1-2-8(10(14)16-17)15-9-4-6(12)5(11)3-7(9)13/h3-4,8,15,17H,2H2,1H3,(H2,14,16). The average molecular weight is 308 g/mol. The largest absolute Gasteiger partial charge is 0.409 e. The number of nitrogens with two attached hydrogens (primary N) is 1. The SMILES string of the molecule is CCC(Nc1cc(F)c(Br)cc1F)/C(N)=N/O. The summed E-state index contributed by atoms with van der Waals surface area (Å²) in [4.78, 5) is 0. The molecule has 0 bridgehead atoms. The number of oxime groups is 1. The molecule has 1 aromatic rings. The molecule has 1 rings (SSSR count). The summed E-state index contributed by atoms with van der Waals surface area (Å²) in [7, 11) is 0. The number of hydrogen-bond donors (Lipinski definition) is 3. The summed E-state index contributed by atoms with van der Waals surface area (Å²) < 4.78 is 26.8. The number of hydrogen-bond acceptors (Lipinski definition) is 3. The summed E-state index contributed by atoms with van der Waals surface area (Å²) in [5.41, 5.74) is 5.37. The van der Waals surface area contributed by atoms with E-state index in [1.165, 1.54) is 0 Å². The van der Waals surface area contributed by atoms with Gasteiger partial charge in [-0.2, -0.15) is 0 Å². The molecule has 4 N–H and O–H groups in total. The molecule has 0 saturated heterocycles. The van der Waals surface area contributed by atoms with Gasteiger partial charge in [0, 0.05) is 6.07 Å². The molecule has 0 radical (unpaired) electrons. The highest BCUT2D eigenvalue weighted by Crippen LogP contribution is 2.24. The molecule has 1 aromatic carbocycles. The molecule has 1 unspecified atom stereocenters. The molecule has 0 fully saturated rings. The van der Waals surface area contributed by atoms with Gasteiger partial charge in [-0.1, -0.05) is 12.1 Å². The maximum Gasteiger partial charge on any atom is 0.161 e. The lowest BCUT2D eigenvalue weighted by molar-refractivity contribution is 0.316. The van der Waals surface area contributed by atoms with Crippen molar-refractivity contribution in [2.24, 2.45) is 10.9 Å². The van der Waals surface area contributed by atoms with Crippen molar-refractivity contribution in [2.45, 2.75) is 19.4 Å². The lowest BCUT2D eigenvalue weighted by Crippen LogP contribution is -2.35. The van der Waals surface area contributed by atoms with Crippen LogP contribution in [0.2, 0.25) is 0 Å². The topological polar surface area (TPSA) is 70.6 Å². The molecular weight excluding hydrogens is 296 g/mol. The van der Waals surface area contributed by atoms with Crippen LogP contribution < -0.4 is 11.1 Å². The number of amidine groups is 1. The maximum absolute atomic E-state index is 13.5. The van der Waals surface area contributed by atoms with Gasteiger partial charge in [-0.3, -0.25) is 0 Å². The van der Waals surface area contributed by atoms with Crippen LogP contribution in [0.25, 0.3) is 0 Å². The zero-order chi connectivity index (χ0) is 13.0. The summed E-state index contributed by atoms with van der Waals surface area (Å²) in [5.74, 6) is -1.30. The molecular formula is C10H12BrF2N3O. The summed E-state index contributed by atoms with van der Waals surface area (Å²) in [5, 5.41) is 14.0. The molecule has 17 heavy (non-hydrogen) atoms. The predicted octanol–water partition coefficient (Wildman–Crippen LogP) is 2.66. The lowest BCUT2D eigenvalue weighted by atomic mass is 10.2. The van der Waals surface area contributed by atoms with Crippen molar-refractivity contribution in [3.8, 4) is 0 Å². The van der Waals surface area contributed by atoms with E-state index in [0.717, 1.165) is 12.1 Å². The Morgan fingerprint density at radius 1 is 1.53 bits per heavy atom. The van der Waals surface area contributed by atoms with Gasteiger partial charge in [0.25, 0.3) is 0 Å². The van der Waals surface area contributed by atoms with Crippen LogP contribution in [0, 0.1) is 11.6 Å². The van der Waals surface area contributed by atoms with E-state index in [-0.39, 0.29) is 16.0 Å². The van der Waals surface area contributed by atoms with Crippen LogP contribution in [0.4, 0.5) is 14.5 Å². The number of benzene rings is 1. The second-order valence-electron chi connectivity index (χ2n) is 3.38. The number of rotatable bonds is 4. The first-order chi connectivity index (χ1) is 7.99. The Morgan fingerprint density at radius 2 is 2.18 bits per heavy atom. The van der Waals surface area contributed by atoms with Crippen molar-refractivity contribution in [1.29, 1.82) is 0 Å². The van der Waals surface area contributed by atoms with E-state index in [0.29, 0.717) is 6.42 Å². The fourth-order valence-corrected chi connectivity index (χ4v) is 1.59. The quantitative estimate of drug-likeness (QED) is 0.263. The Hall–Kier alpha value is -1.37. The smallest absolute Gasteiger partial charge is 0.161 e. The first-order valence-corrected chi connectivity index (χ1v) is 5.67. The summed E-state index contributed by atoms with van der Waals surface area (Å²) in [6.45, 7) is 1.77. The first kappa shape index (κ1) is 13.7. The third-order valence-corrected chi connectivity index (χ3v) is 2.83. The van der Waals surface area contributed by atoms with Gasteiger partial charge in [0.2, 0.25) is 0 Å². The van der Waals surface area contributed by atoms with E-state index in [1.807, 2.05) is 0 Å². The van der Waals surface area contributed by atoms with Gasteiger partial charge >= 0.3 is 0 Å². The van der Waals surface area contributed by atoms with Gasteiger partial charge in [0.1, 0.15) is 11.6 Å². The van der Waals surface area contributed by atoms with Crippen molar-refractivity contribution in [3.05, 3.63) is 28.2 Å². The molecule has 1 atom stereocenters. The van der Waals surface area contributed by atoms with Gasteiger partial charge in [0.15, 0.2) is 5.84 Å². The van der Waals surface area contributed by atoms with E-state index < -0.39 is 17.7 Å². The van der Waals surface area contributed by atoms with Crippen LogP contribution in [0.5, 0.6) is 0 Å². The van der Waals surface area contributed by atoms with Crippen molar-refractivity contribution in [2.75, 3.05) is 5.32 Å². The molecule has 0 heterocycles. The van der Waals surface area contributed by atoms with Crippen LogP contribution in [0.1, 0.15) is 13.3 Å². The van der Waals surface area contributed by atoms with Crippen molar-refractivity contribution in [1.82, 2.24) is 0 Å². The molecule has 94 valence electrons. The van der Waals surface area contributed by atoms with E-state index in [9.17, 15) is 8.78 Å². The predicted molar refractivity (Wildman–Crippen MR) is 65.2 cm³/mol. The van der Waals surface area contributed by atoms with Crippen LogP contribution in [0.15, 0.2) is 21.8 Å². The van der Waals surface area contributed by atoms with Crippen molar-refractivity contribution < 1.29 is 14.0 Å². The van der Waals surface area contributed by atoms with E-state index in [1.54, 1.807) is 6.92 Å². The minimum atomic E-state index is -0.623. The molecule has 0 amide bonds. The third kappa shape index (κ3) is 3.29. The van der Waals surface area contributed by atoms with E-state index in [2.05, 4.69) is 26.4 Å². The average Bonchev–Trinajstić information content (AvgIpc) is 2.31. The summed E-state index contributed by atoms with van der Waals surface area (Å²) in [6, 6.07) is 1.46. The Balaban J connectivity index is 2.98. The van der Waals surface area contributed by atoms with Crippen molar-refractivity contribution in [3.63, 3.8) is 0 Å². The maximum atomic E-state index is 13.5. The fourth-order valence-electron chi connectivity index (χ4n) is 1.28. The Morgan fingerprint density at radius 3 is 2.71 bits per heavy atom. The van der Waals surface area contributed by atoms with Crippen LogP contribution in [0.3, 0.4) is 0 Å². The molecule has 0 aliphatic rings. The van der Waals surface area contributed by atoms with E-state index in [4.69, 9.17) is 10.9 Å². The van der Waals surface area contributed by atoms with Crippen molar-refractivity contribution >= 4 is 27.5 Å². The zero-order valence-electron chi connectivity index (χ0n) is 9.04. The second-order valence-corrected chi connectivity index (χ2v) is 4.23. The molecule has 0 saturated carbocycles. The zero-order valence-corrected chi connectivity index (χ0v) is 10.6. The van der Waals surface area contributed by atoms with Gasteiger partial charge in [-0.05, 0) is 28.4 Å². The third-order valence-electron chi connectivity index (χ3n) is 2.22. The van der Waals surface area contributed by atoms with Crippen LogP contribution >= 0.6 is 15.9 Å². The molecule has 0 aliphatic heterocycles. The van der Waals surface area contributed by atoms with Crippen LogP contribution in [-0.4, -0.2) is 17.1 Å². The van der Waals surface area contributed by atoms with Gasteiger partial charge < -0.3 is 16.3 Å². The van der Waals surface area contributed by atoms with E-state index >= 15 is 0 Å². The molecule has 0 aliphatic carbocycles. The Labute approximate surface area is 106 Å². The highest BCUT2D eigenvalue weighted by Gasteiger charge is 2.15. The lowest BCUT2D eigenvalue weighted by Gasteiger charge is -2.17. The normalized spacial score (nSPS) is 13.5. The summed E-state index contributed by atoms with van der Waals surface area (Å²) >= 11 is 2.87. The van der Waals surface area contributed by atoms with Gasteiger partial charge in [-0.15, -0.1) is 0 Å². The fraction of sp³-hybridized carbons (Fsp3) is 0.300. The highest BCUT2D eigenvalue weighted by atomic mass is 79.9. The second kappa shape index (κ2) is 5.81. The highest BCUT2D eigenvalue weighted by molar-refractivity contribution is 9.10. The Bertz CT molecular complexity index is 440. The monoisotopic (exact) mass is 307 g/mol. The number of halogens is 3. The molecule has 7 heteroatoms. The van der Waals surface area contributed by atoms with Gasteiger partial charge in [0.05, 0.1) is 16.2 Å². The Kier molecular flexibility index (Phi) is 4.68.